The van der Waals surface area contributed by atoms with Gasteiger partial charge in [-0.3, -0.25) is 4.79 Å². The zero-order valence-corrected chi connectivity index (χ0v) is 15.1. The van der Waals surface area contributed by atoms with E-state index in [0.29, 0.717) is 5.02 Å². The third-order valence-corrected chi connectivity index (χ3v) is 5.41. The van der Waals surface area contributed by atoms with Gasteiger partial charge < -0.3 is 5.32 Å². The monoisotopic (exact) mass is 384 g/mol. The highest BCUT2D eigenvalue weighted by atomic mass is 35.5. The number of rotatable bonds is 7. The number of carbonyl (C=O) groups excluding carboxylic acids is 1. The van der Waals surface area contributed by atoms with Gasteiger partial charge in [0.25, 0.3) is 0 Å². The van der Waals surface area contributed by atoms with Gasteiger partial charge in [-0.1, -0.05) is 36.7 Å². The Labute approximate surface area is 151 Å². The number of halogens is 2. The zero-order valence-electron chi connectivity index (χ0n) is 13.5. The Balaban J connectivity index is 2.04. The van der Waals surface area contributed by atoms with Gasteiger partial charge >= 0.3 is 0 Å². The molecule has 0 aromatic heterocycles. The molecule has 0 aliphatic heterocycles. The van der Waals surface area contributed by atoms with Crippen LogP contribution in [0.5, 0.6) is 0 Å². The summed E-state index contributed by atoms with van der Waals surface area (Å²) in [5, 5.41) is 3.18. The second kappa shape index (κ2) is 8.42. The minimum atomic E-state index is -3.93. The molecule has 2 aromatic rings. The molecule has 134 valence electrons. The van der Waals surface area contributed by atoms with Crippen molar-refractivity contribution in [3.63, 3.8) is 0 Å². The van der Waals surface area contributed by atoms with Gasteiger partial charge in [0, 0.05) is 11.6 Å². The molecule has 0 radical (unpaired) electrons. The quantitative estimate of drug-likeness (QED) is 0.770. The molecule has 25 heavy (non-hydrogen) atoms. The number of carbonyl (C=O) groups is 1. The van der Waals surface area contributed by atoms with Crippen molar-refractivity contribution in [2.75, 3.05) is 0 Å². The smallest absolute Gasteiger partial charge is 0.241 e. The Morgan fingerprint density at radius 2 is 1.80 bits per heavy atom. The molecular formula is C17H18ClFN2O3S. The molecule has 8 heteroatoms. The van der Waals surface area contributed by atoms with Gasteiger partial charge in [0.1, 0.15) is 11.9 Å². The molecule has 5 nitrogen and oxygen atoms in total. The fourth-order valence-corrected chi connectivity index (χ4v) is 3.62. The van der Waals surface area contributed by atoms with E-state index in [0.717, 1.165) is 29.8 Å². The fraction of sp³-hybridized carbons (Fsp3) is 0.235. The molecule has 1 atom stereocenters. The summed E-state index contributed by atoms with van der Waals surface area (Å²) in [4.78, 5) is 12.2. The molecule has 0 aliphatic carbocycles. The van der Waals surface area contributed by atoms with Crippen LogP contribution in [0.3, 0.4) is 0 Å². The number of hydrogen-bond acceptors (Lipinski definition) is 3. The maximum absolute atomic E-state index is 12.9. The van der Waals surface area contributed by atoms with E-state index in [1.54, 1.807) is 31.2 Å². The van der Waals surface area contributed by atoms with Gasteiger partial charge in [-0.15, -0.1) is 0 Å². The molecule has 0 fully saturated rings. The van der Waals surface area contributed by atoms with Crippen molar-refractivity contribution in [2.24, 2.45) is 0 Å². The van der Waals surface area contributed by atoms with E-state index in [1.807, 2.05) is 0 Å². The van der Waals surface area contributed by atoms with E-state index in [9.17, 15) is 17.6 Å². The maximum Gasteiger partial charge on any atom is 0.241 e. The Morgan fingerprint density at radius 3 is 2.40 bits per heavy atom. The summed E-state index contributed by atoms with van der Waals surface area (Å²) in [6.45, 7) is 1.88. The van der Waals surface area contributed by atoms with E-state index in [2.05, 4.69) is 10.0 Å². The SMILES string of the molecule is CCC(NS(=O)(=O)c1ccc(F)cc1)C(=O)NCc1ccccc1Cl. The highest BCUT2D eigenvalue weighted by Crippen LogP contribution is 2.15. The van der Waals surface area contributed by atoms with Crippen LogP contribution in [0.25, 0.3) is 0 Å². The lowest BCUT2D eigenvalue weighted by Gasteiger charge is -2.17. The molecule has 0 aliphatic rings. The van der Waals surface area contributed by atoms with E-state index in [-0.39, 0.29) is 17.9 Å². The van der Waals surface area contributed by atoms with Gasteiger partial charge in [0.2, 0.25) is 15.9 Å². The molecule has 2 N–H and O–H groups in total. The molecule has 0 heterocycles. The van der Waals surface area contributed by atoms with Crippen LogP contribution >= 0.6 is 11.6 Å². The summed E-state index contributed by atoms with van der Waals surface area (Å²) in [5.74, 6) is -1.00. The number of amides is 1. The minimum Gasteiger partial charge on any atom is -0.351 e. The van der Waals surface area contributed by atoms with E-state index < -0.39 is 27.8 Å². The standard InChI is InChI=1S/C17H18ClFN2O3S/c1-2-16(17(22)20-11-12-5-3-4-6-15(12)18)21-25(23,24)14-9-7-13(19)8-10-14/h3-10,16,21H,2,11H2,1H3,(H,20,22). The summed E-state index contributed by atoms with van der Waals surface area (Å²) < 4.78 is 39.9. The Hall–Kier alpha value is -1.96. The number of hydrogen-bond donors (Lipinski definition) is 2. The van der Waals surface area contributed by atoms with E-state index in [1.165, 1.54) is 0 Å². The maximum atomic E-state index is 12.9. The van der Waals surface area contributed by atoms with Crippen LogP contribution in [0.4, 0.5) is 4.39 Å². The second-order valence-electron chi connectivity index (χ2n) is 5.35. The topological polar surface area (TPSA) is 75.3 Å². The first-order valence-electron chi connectivity index (χ1n) is 7.62. The first kappa shape index (κ1) is 19.4. The second-order valence-corrected chi connectivity index (χ2v) is 7.47. The lowest BCUT2D eigenvalue weighted by molar-refractivity contribution is -0.122. The van der Waals surface area contributed by atoms with Crippen molar-refractivity contribution in [2.45, 2.75) is 30.8 Å². The normalized spacial score (nSPS) is 12.6. The Bertz CT molecular complexity index is 841. The molecule has 0 spiro atoms. The highest BCUT2D eigenvalue weighted by molar-refractivity contribution is 7.89. The molecule has 2 aromatic carbocycles. The van der Waals surface area contributed by atoms with Crippen LogP contribution in [0.1, 0.15) is 18.9 Å². The van der Waals surface area contributed by atoms with Crippen molar-refractivity contribution in [3.8, 4) is 0 Å². The lowest BCUT2D eigenvalue weighted by Crippen LogP contribution is -2.46. The summed E-state index contributed by atoms with van der Waals surface area (Å²) >= 11 is 6.03. The van der Waals surface area contributed by atoms with Crippen LogP contribution in [0, 0.1) is 5.82 Å². The van der Waals surface area contributed by atoms with Crippen molar-refractivity contribution in [1.29, 1.82) is 0 Å². The summed E-state index contributed by atoms with van der Waals surface area (Å²) in [5.41, 5.74) is 0.730. The van der Waals surface area contributed by atoms with Crippen LogP contribution in [0.2, 0.25) is 5.02 Å². The molecule has 0 saturated carbocycles. The fourth-order valence-electron chi connectivity index (χ4n) is 2.14. The van der Waals surface area contributed by atoms with Crippen molar-refractivity contribution in [3.05, 3.63) is 64.9 Å². The van der Waals surface area contributed by atoms with Crippen molar-refractivity contribution >= 4 is 27.5 Å². The predicted octanol–water partition coefficient (Wildman–Crippen LogP) is 2.85. The van der Waals surface area contributed by atoms with Crippen LogP contribution < -0.4 is 10.0 Å². The Morgan fingerprint density at radius 1 is 1.16 bits per heavy atom. The number of benzene rings is 2. The van der Waals surface area contributed by atoms with Gasteiger partial charge in [-0.05, 0) is 42.3 Å². The first-order chi connectivity index (χ1) is 11.8. The summed E-state index contributed by atoms with van der Waals surface area (Å²) in [6.07, 6.45) is 0.259. The van der Waals surface area contributed by atoms with Crippen molar-refractivity contribution in [1.82, 2.24) is 10.0 Å². The summed E-state index contributed by atoms with van der Waals surface area (Å²) in [6, 6.07) is 10.5. The lowest BCUT2D eigenvalue weighted by atomic mass is 10.2. The molecule has 0 bridgehead atoms. The largest absolute Gasteiger partial charge is 0.351 e. The number of nitrogens with one attached hydrogen (secondary N) is 2. The molecule has 2 rings (SSSR count). The average Bonchev–Trinajstić information content (AvgIpc) is 2.59. The van der Waals surface area contributed by atoms with Crippen LogP contribution in [-0.4, -0.2) is 20.4 Å². The third kappa shape index (κ3) is 5.26. The van der Waals surface area contributed by atoms with Gasteiger partial charge in [0.05, 0.1) is 4.90 Å². The van der Waals surface area contributed by atoms with Gasteiger partial charge in [0.15, 0.2) is 0 Å². The number of sulfonamides is 1. The highest BCUT2D eigenvalue weighted by Gasteiger charge is 2.24. The molecule has 0 saturated heterocycles. The molecule has 1 amide bonds. The predicted molar refractivity (Wildman–Crippen MR) is 94.1 cm³/mol. The van der Waals surface area contributed by atoms with Crippen LogP contribution in [0.15, 0.2) is 53.4 Å². The zero-order chi connectivity index (χ0) is 18.4. The Kier molecular flexibility index (Phi) is 6.52. The van der Waals surface area contributed by atoms with E-state index >= 15 is 0 Å². The third-order valence-electron chi connectivity index (χ3n) is 3.56. The van der Waals surface area contributed by atoms with Gasteiger partial charge in [-0.2, -0.15) is 4.72 Å². The van der Waals surface area contributed by atoms with Crippen molar-refractivity contribution < 1.29 is 17.6 Å². The molecular weight excluding hydrogens is 367 g/mol. The van der Waals surface area contributed by atoms with E-state index in [4.69, 9.17) is 11.6 Å². The molecule has 1 unspecified atom stereocenters. The van der Waals surface area contributed by atoms with Gasteiger partial charge in [-0.25, -0.2) is 12.8 Å². The summed E-state index contributed by atoms with van der Waals surface area (Å²) in [7, 11) is -3.93. The van der Waals surface area contributed by atoms with Crippen LogP contribution in [-0.2, 0) is 21.4 Å². The first-order valence-corrected chi connectivity index (χ1v) is 9.48. The minimum absolute atomic E-state index is 0.105. The average molecular weight is 385 g/mol.